The summed E-state index contributed by atoms with van der Waals surface area (Å²) in [7, 11) is 0. The smallest absolute Gasteiger partial charge is 0.00198 e. The number of hydrogen-bond donors (Lipinski definition) is 0. The molecule has 0 nitrogen and oxygen atoms in total. The van der Waals surface area contributed by atoms with E-state index in [1.807, 2.05) is 0 Å². The molecule has 0 saturated carbocycles. The second kappa shape index (κ2) is 19.6. The van der Waals surface area contributed by atoms with E-state index >= 15 is 0 Å². The SMILES string of the molecule is CCCC1(CCC)CC(C)(C)c2c1cc1c(c2-c2c3cc4ccccc4cc3c(-c3c4c(cc5c3C(C)(C)CC5(CCC)CCC)C(CCC)(CCC)CC4(C)C)c3cc4ccccc4cc23)C(C)(C)CC1(CCC)CCC. The molecular weight excluding hydrogens is 937 g/mol. The largest absolute Gasteiger partial charge is 0.0654 e. The maximum atomic E-state index is 2.93. The summed E-state index contributed by atoms with van der Waals surface area (Å²) >= 11 is 0. The van der Waals surface area contributed by atoms with Crippen LogP contribution in [0.5, 0.6) is 0 Å². The Balaban J connectivity index is 1.45. The molecule has 0 saturated heterocycles. The molecule has 7 aromatic carbocycles. The molecule has 4 aliphatic rings. The molecule has 7 aromatic rings. The normalized spacial score (nSPS) is 20.2. The van der Waals surface area contributed by atoms with Crippen LogP contribution in [0.25, 0.3) is 65.3 Å². The lowest BCUT2D eigenvalue weighted by Crippen LogP contribution is -2.27. The minimum Gasteiger partial charge on any atom is -0.0654 e. The van der Waals surface area contributed by atoms with Crippen LogP contribution in [0.15, 0.2) is 84.9 Å². The van der Waals surface area contributed by atoms with Crippen LogP contribution in [0, 0.1) is 0 Å². The first-order valence-corrected chi connectivity index (χ1v) is 32.4. The zero-order valence-corrected chi connectivity index (χ0v) is 52.2. The van der Waals surface area contributed by atoms with Crippen LogP contribution < -0.4 is 0 Å². The Hall–Kier alpha value is -4.42. The summed E-state index contributed by atoms with van der Waals surface area (Å²) in [6, 6.07) is 35.6. The van der Waals surface area contributed by atoms with Crippen LogP contribution >= 0.6 is 0 Å². The van der Waals surface area contributed by atoms with Gasteiger partial charge in [0, 0.05) is 0 Å². The van der Waals surface area contributed by atoms with Crippen molar-refractivity contribution in [2.24, 2.45) is 0 Å². The van der Waals surface area contributed by atoms with Crippen molar-refractivity contribution >= 4 is 43.1 Å². The Morgan fingerprint density at radius 2 is 0.462 bits per heavy atom. The van der Waals surface area contributed by atoms with E-state index < -0.39 is 0 Å². The average molecular weight is 1040 g/mol. The predicted octanol–water partition coefficient (Wildman–Crippen LogP) is 23.7. The molecule has 0 N–H and O–H groups in total. The Labute approximate surface area is 474 Å². The molecule has 0 bridgehead atoms. The van der Waals surface area contributed by atoms with Gasteiger partial charge in [0.05, 0.1) is 0 Å². The van der Waals surface area contributed by atoms with Crippen LogP contribution in [0.4, 0.5) is 0 Å². The summed E-state index contributed by atoms with van der Waals surface area (Å²) in [6.45, 7) is 41.1. The molecule has 0 fully saturated rings. The molecule has 0 aromatic heterocycles. The molecule has 0 heterocycles. The lowest BCUT2D eigenvalue weighted by atomic mass is 9.69. The fraction of sp³-hybridized carbons (Fsp3) is 0.564. The Morgan fingerprint density at radius 1 is 0.269 bits per heavy atom. The monoisotopic (exact) mass is 1040 g/mol. The highest BCUT2D eigenvalue weighted by atomic mass is 14.6. The molecular formula is C78H102. The third-order valence-corrected chi connectivity index (χ3v) is 21.9. The fourth-order valence-corrected chi connectivity index (χ4v) is 20.7. The second-order valence-electron chi connectivity index (χ2n) is 29.8. The van der Waals surface area contributed by atoms with Crippen LogP contribution in [0.3, 0.4) is 0 Å². The number of hydrogen-bond acceptors (Lipinski definition) is 0. The van der Waals surface area contributed by atoms with Gasteiger partial charge in [-0.05, 0) is 254 Å². The highest BCUT2D eigenvalue weighted by molar-refractivity contribution is 6.27. The van der Waals surface area contributed by atoms with E-state index in [0.29, 0.717) is 0 Å². The van der Waals surface area contributed by atoms with Crippen LogP contribution in [-0.2, 0) is 43.3 Å². The Bertz CT molecular complexity index is 3000. The summed E-state index contributed by atoms with van der Waals surface area (Å²) in [5, 5.41) is 11.3. The Kier molecular flexibility index (Phi) is 14.0. The molecule has 0 amide bonds. The summed E-state index contributed by atoms with van der Waals surface area (Å²) in [5.41, 5.74) is 20.6. The first-order valence-electron chi connectivity index (χ1n) is 32.4. The summed E-state index contributed by atoms with van der Waals surface area (Å²) in [5.74, 6) is 0. The van der Waals surface area contributed by atoms with E-state index in [1.54, 1.807) is 55.6 Å². The van der Waals surface area contributed by atoms with Gasteiger partial charge in [0.15, 0.2) is 0 Å². The molecule has 0 heteroatoms. The van der Waals surface area contributed by atoms with Crippen molar-refractivity contribution in [2.45, 2.75) is 283 Å². The third kappa shape index (κ3) is 8.12. The lowest BCUT2D eigenvalue weighted by Gasteiger charge is -2.35. The highest BCUT2D eigenvalue weighted by Gasteiger charge is 2.57. The summed E-state index contributed by atoms with van der Waals surface area (Å²) in [6.07, 6.45) is 24.7. The van der Waals surface area contributed by atoms with Crippen molar-refractivity contribution in [2.75, 3.05) is 0 Å². The van der Waals surface area contributed by atoms with Crippen molar-refractivity contribution in [3.05, 3.63) is 129 Å². The topological polar surface area (TPSA) is 0 Å². The maximum Gasteiger partial charge on any atom is -0.00198 e. The van der Waals surface area contributed by atoms with Crippen molar-refractivity contribution in [3.63, 3.8) is 0 Å². The lowest BCUT2D eigenvalue weighted by molar-refractivity contribution is 0.296. The minimum atomic E-state index is -0.00914. The molecule has 0 radical (unpaired) electrons. The first kappa shape index (κ1) is 55.5. The molecule has 414 valence electrons. The van der Waals surface area contributed by atoms with E-state index in [2.05, 4.69) is 196 Å². The first-order chi connectivity index (χ1) is 37.2. The standard InChI is InChI=1S/C78H102/c1-17-33-75(34-18-2)47-71(9,10)67-59(75)45-60-68(72(11,12)48-76(60,35-19-3)36-20-4)65(67)63-55-41-51-29-25-27-31-53(51)43-57(55)64(58-44-54-32-28-26-30-52(54)42-56(58)63)66-69-61(77(37-21-5,38-22-6)49-73(69,13)14)46-62-70(66)74(15,16)50-78(62,39-23-7)40-24-8/h25-32,41-46H,17-24,33-40,47-50H2,1-16H3. The van der Waals surface area contributed by atoms with Crippen LogP contribution in [0.1, 0.15) is 284 Å². The Morgan fingerprint density at radius 3 is 0.641 bits per heavy atom. The summed E-state index contributed by atoms with van der Waals surface area (Å²) < 4.78 is 0. The number of benzene rings is 7. The third-order valence-electron chi connectivity index (χ3n) is 21.9. The molecule has 0 aliphatic heterocycles. The zero-order valence-electron chi connectivity index (χ0n) is 52.2. The molecule has 0 atom stereocenters. The van der Waals surface area contributed by atoms with E-state index in [4.69, 9.17) is 0 Å². The van der Waals surface area contributed by atoms with E-state index in [1.165, 1.54) is 183 Å². The highest BCUT2D eigenvalue weighted by Crippen LogP contribution is 2.68. The maximum absolute atomic E-state index is 2.93. The predicted molar refractivity (Wildman–Crippen MR) is 344 cm³/mol. The molecule has 4 aliphatic carbocycles. The van der Waals surface area contributed by atoms with E-state index in [9.17, 15) is 0 Å². The van der Waals surface area contributed by atoms with Gasteiger partial charge >= 0.3 is 0 Å². The van der Waals surface area contributed by atoms with Gasteiger partial charge in [-0.25, -0.2) is 0 Å². The molecule has 0 unspecified atom stereocenters. The van der Waals surface area contributed by atoms with Crippen molar-refractivity contribution < 1.29 is 0 Å². The van der Waals surface area contributed by atoms with Crippen LogP contribution in [-0.4, -0.2) is 0 Å². The van der Waals surface area contributed by atoms with Crippen molar-refractivity contribution in [3.8, 4) is 22.3 Å². The molecule has 78 heavy (non-hydrogen) atoms. The van der Waals surface area contributed by atoms with Gasteiger partial charge in [-0.1, -0.05) is 223 Å². The van der Waals surface area contributed by atoms with Crippen LogP contribution in [0.2, 0.25) is 0 Å². The average Bonchev–Trinajstić information content (AvgIpc) is 2.65. The summed E-state index contributed by atoms with van der Waals surface area (Å²) in [4.78, 5) is 0. The van der Waals surface area contributed by atoms with Gasteiger partial charge in [-0.15, -0.1) is 0 Å². The van der Waals surface area contributed by atoms with Gasteiger partial charge in [-0.3, -0.25) is 0 Å². The van der Waals surface area contributed by atoms with Gasteiger partial charge in [0.25, 0.3) is 0 Å². The van der Waals surface area contributed by atoms with E-state index in [-0.39, 0.29) is 43.3 Å². The molecule has 11 rings (SSSR count). The quantitative estimate of drug-likeness (QED) is 0.0752. The van der Waals surface area contributed by atoms with Gasteiger partial charge in [0.2, 0.25) is 0 Å². The number of rotatable bonds is 18. The van der Waals surface area contributed by atoms with Gasteiger partial charge < -0.3 is 0 Å². The fourth-order valence-electron chi connectivity index (χ4n) is 20.7. The van der Waals surface area contributed by atoms with Crippen molar-refractivity contribution in [1.82, 2.24) is 0 Å². The van der Waals surface area contributed by atoms with Gasteiger partial charge in [0.1, 0.15) is 0 Å². The number of fused-ring (bicyclic) bond motifs is 8. The minimum absolute atomic E-state index is 0.00914. The van der Waals surface area contributed by atoms with E-state index in [0.717, 1.165) is 0 Å². The zero-order chi connectivity index (χ0) is 55.6. The van der Waals surface area contributed by atoms with Crippen molar-refractivity contribution in [1.29, 1.82) is 0 Å². The van der Waals surface area contributed by atoms with Gasteiger partial charge in [-0.2, -0.15) is 0 Å². The second-order valence-corrected chi connectivity index (χ2v) is 29.8. The molecule has 0 spiro atoms.